The summed E-state index contributed by atoms with van der Waals surface area (Å²) in [5.41, 5.74) is 4.22. The molecule has 2 aromatic carbocycles. The zero-order valence-electron chi connectivity index (χ0n) is 13.6. The fourth-order valence-corrected chi connectivity index (χ4v) is 3.40. The van der Waals surface area contributed by atoms with E-state index in [2.05, 4.69) is 10.3 Å². The Morgan fingerprint density at radius 2 is 1.96 bits per heavy atom. The SMILES string of the molecule is Cc1ccc(N[C@@H]2c3ccccc3C(=O)N2c2cccnc2)c(Cl)c1. The van der Waals surface area contributed by atoms with Gasteiger partial charge in [-0.05, 0) is 42.8 Å². The third-order valence-electron chi connectivity index (χ3n) is 4.30. The van der Waals surface area contributed by atoms with Crippen LogP contribution >= 0.6 is 11.6 Å². The fourth-order valence-electron chi connectivity index (χ4n) is 3.11. The van der Waals surface area contributed by atoms with E-state index in [1.807, 2.05) is 61.5 Å². The first-order valence-electron chi connectivity index (χ1n) is 8.00. The van der Waals surface area contributed by atoms with Gasteiger partial charge in [-0.1, -0.05) is 35.9 Å². The maximum atomic E-state index is 13.0. The zero-order chi connectivity index (χ0) is 17.4. The van der Waals surface area contributed by atoms with E-state index in [0.29, 0.717) is 10.6 Å². The van der Waals surface area contributed by atoms with Crippen molar-refractivity contribution in [2.45, 2.75) is 13.1 Å². The number of nitrogens with one attached hydrogen (secondary N) is 1. The highest BCUT2D eigenvalue weighted by Gasteiger charge is 2.37. The van der Waals surface area contributed by atoms with Gasteiger partial charge in [0.15, 0.2) is 0 Å². The van der Waals surface area contributed by atoms with Gasteiger partial charge in [0.05, 0.1) is 22.6 Å². The Morgan fingerprint density at radius 3 is 2.72 bits per heavy atom. The number of aromatic nitrogens is 1. The summed E-state index contributed by atoms with van der Waals surface area (Å²) in [6.07, 6.45) is 3.04. The first-order chi connectivity index (χ1) is 12.1. The number of amides is 1. The molecule has 1 aliphatic rings. The molecule has 5 heteroatoms. The maximum Gasteiger partial charge on any atom is 0.260 e. The molecule has 0 unspecified atom stereocenters. The summed E-state index contributed by atoms with van der Waals surface area (Å²) in [6, 6.07) is 17.1. The van der Waals surface area contributed by atoms with Gasteiger partial charge in [-0.3, -0.25) is 14.7 Å². The molecule has 0 fully saturated rings. The van der Waals surface area contributed by atoms with Crippen molar-refractivity contribution in [1.82, 2.24) is 4.98 Å². The van der Waals surface area contributed by atoms with Crippen LogP contribution in [0, 0.1) is 6.92 Å². The lowest BCUT2D eigenvalue weighted by molar-refractivity contribution is 0.0993. The number of nitrogens with zero attached hydrogens (tertiary/aromatic N) is 2. The third kappa shape index (κ3) is 2.75. The fraction of sp³-hybridized carbons (Fsp3) is 0.100. The topological polar surface area (TPSA) is 45.2 Å². The molecule has 1 amide bonds. The predicted molar refractivity (Wildman–Crippen MR) is 100 cm³/mol. The van der Waals surface area contributed by atoms with Gasteiger partial charge in [0.1, 0.15) is 6.17 Å². The van der Waals surface area contributed by atoms with Gasteiger partial charge in [0.2, 0.25) is 0 Å². The van der Waals surface area contributed by atoms with Crippen molar-refractivity contribution >= 4 is 28.9 Å². The van der Waals surface area contributed by atoms with Gasteiger partial charge in [0.25, 0.3) is 5.91 Å². The lowest BCUT2D eigenvalue weighted by Gasteiger charge is -2.27. The van der Waals surface area contributed by atoms with E-state index in [9.17, 15) is 4.79 Å². The first-order valence-corrected chi connectivity index (χ1v) is 8.38. The smallest absolute Gasteiger partial charge is 0.260 e. The van der Waals surface area contributed by atoms with E-state index in [1.54, 1.807) is 17.3 Å². The number of rotatable bonds is 3. The highest BCUT2D eigenvalue weighted by atomic mass is 35.5. The molecule has 124 valence electrons. The summed E-state index contributed by atoms with van der Waals surface area (Å²) in [7, 11) is 0. The van der Waals surface area contributed by atoms with Crippen LogP contribution < -0.4 is 10.2 Å². The molecule has 3 aromatic rings. The lowest BCUT2D eigenvalue weighted by Crippen LogP contribution is -2.32. The van der Waals surface area contributed by atoms with Gasteiger partial charge in [-0.2, -0.15) is 0 Å². The van der Waals surface area contributed by atoms with Gasteiger partial charge in [-0.25, -0.2) is 0 Å². The highest BCUT2D eigenvalue weighted by molar-refractivity contribution is 6.33. The van der Waals surface area contributed by atoms with Crippen LogP contribution in [0.2, 0.25) is 5.02 Å². The number of benzene rings is 2. The maximum absolute atomic E-state index is 13.0. The van der Waals surface area contributed by atoms with Crippen LogP contribution in [0.15, 0.2) is 67.0 Å². The van der Waals surface area contributed by atoms with Crippen molar-refractivity contribution in [3.63, 3.8) is 0 Å². The number of pyridine rings is 1. The van der Waals surface area contributed by atoms with E-state index in [-0.39, 0.29) is 12.1 Å². The predicted octanol–water partition coefficient (Wildman–Crippen LogP) is 4.81. The molecule has 0 radical (unpaired) electrons. The number of aryl methyl sites for hydroxylation is 1. The van der Waals surface area contributed by atoms with Crippen LogP contribution in [0.25, 0.3) is 0 Å². The molecule has 0 aliphatic carbocycles. The van der Waals surface area contributed by atoms with Crippen molar-refractivity contribution < 1.29 is 4.79 Å². The second kappa shape index (κ2) is 6.22. The Balaban J connectivity index is 1.80. The summed E-state index contributed by atoms with van der Waals surface area (Å²) >= 11 is 6.39. The van der Waals surface area contributed by atoms with Crippen molar-refractivity contribution in [1.29, 1.82) is 0 Å². The molecule has 2 heterocycles. The zero-order valence-corrected chi connectivity index (χ0v) is 14.4. The molecule has 0 saturated carbocycles. The van der Waals surface area contributed by atoms with Gasteiger partial charge < -0.3 is 5.32 Å². The minimum atomic E-state index is -0.340. The van der Waals surface area contributed by atoms with E-state index < -0.39 is 0 Å². The van der Waals surface area contributed by atoms with Crippen LogP contribution in [0.4, 0.5) is 11.4 Å². The minimum absolute atomic E-state index is 0.0515. The number of fused-ring (bicyclic) bond motifs is 1. The summed E-state index contributed by atoms with van der Waals surface area (Å²) in [6.45, 7) is 1.99. The number of carbonyl (C=O) groups is 1. The molecule has 1 aromatic heterocycles. The molecule has 0 spiro atoms. The number of hydrogen-bond acceptors (Lipinski definition) is 3. The molecular weight excluding hydrogens is 334 g/mol. The Hall–Kier alpha value is -2.85. The van der Waals surface area contributed by atoms with Gasteiger partial charge in [0, 0.05) is 17.3 Å². The molecule has 1 atom stereocenters. The molecule has 1 N–H and O–H groups in total. The average Bonchev–Trinajstić information content (AvgIpc) is 2.91. The Bertz CT molecular complexity index is 943. The minimum Gasteiger partial charge on any atom is -0.360 e. The van der Waals surface area contributed by atoms with Crippen LogP contribution in [-0.4, -0.2) is 10.9 Å². The highest BCUT2D eigenvalue weighted by Crippen LogP contribution is 2.38. The van der Waals surface area contributed by atoms with Crippen LogP contribution in [-0.2, 0) is 0 Å². The van der Waals surface area contributed by atoms with E-state index >= 15 is 0 Å². The Morgan fingerprint density at radius 1 is 1.12 bits per heavy atom. The largest absolute Gasteiger partial charge is 0.360 e. The molecular formula is C20H16ClN3O. The molecule has 25 heavy (non-hydrogen) atoms. The molecule has 1 aliphatic heterocycles. The Labute approximate surface area is 151 Å². The monoisotopic (exact) mass is 349 g/mol. The van der Waals surface area contributed by atoms with E-state index in [4.69, 9.17) is 11.6 Å². The second-order valence-electron chi connectivity index (χ2n) is 6.00. The summed E-state index contributed by atoms with van der Waals surface area (Å²) in [5.74, 6) is -0.0515. The number of hydrogen-bond donors (Lipinski definition) is 1. The van der Waals surface area contributed by atoms with Crippen molar-refractivity contribution in [3.8, 4) is 0 Å². The van der Waals surface area contributed by atoms with Crippen molar-refractivity contribution in [3.05, 3.63) is 88.7 Å². The molecule has 0 bridgehead atoms. The van der Waals surface area contributed by atoms with Gasteiger partial charge in [-0.15, -0.1) is 0 Å². The molecule has 4 rings (SSSR count). The lowest BCUT2D eigenvalue weighted by atomic mass is 10.1. The van der Waals surface area contributed by atoms with E-state index in [0.717, 1.165) is 22.5 Å². The van der Waals surface area contributed by atoms with E-state index in [1.165, 1.54) is 0 Å². The average molecular weight is 350 g/mol. The van der Waals surface area contributed by atoms with Crippen molar-refractivity contribution in [2.24, 2.45) is 0 Å². The number of carbonyl (C=O) groups excluding carboxylic acids is 1. The number of anilines is 2. The van der Waals surface area contributed by atoms with Crippen LogP contribution in [0.1, 0.15) is 27.7 Å². The normalized spacial score (nSPS) is 16.0. The summed E-state index contributed by atoms with van der Waals surface area (Å²) < 4.78 is 0. The standard InChI is InChI=1S/C20H16ClN3O/c1-13-8-9-18(17(21)11-13)23-19-15-6-2-3-7-16(15)20(25)24(19)14-5-4-10-22-12-14/h2-12,19,23H,1H3/t19-/m0/s1. The summed E-state index contributed by atoms with van der Waals surface area (Å²) in [4.78, 5) is 18.8. The summed E-state index contributed by atoms with van der Waals surface area (Å²) in [5, 5.41) is 4.04. The number of halogens is 1. The second-order valence-corrected chi connectivity index (χ2v) is 6.41. The Kier molecular flexibility index (Phi) is 3.90. The molecule has 4 nitrogen and oxygen atoms in total. The van der Waals surface area contributed by atoms with Crippen LogP contribution in [0.3, 0.4) is 0 Å². The quantitative estimate of drug-likeness (QED) is 0.737. The van der Waals surface area contributed by atoms with Crippen molar-refractivity contribution in [2.75, 3.05) is 10.2 Å². The van der Waals surface area contributed by atoms with Crippen LogP contribution in [0.5, 0.6) is 0 Å². The molecule has 0 saturated heterocycles. The first kappa shape index (κ1) is 15.7. The third-order valence-corrected chi connectivity index (χ3v) is 4.62. The van der Waals surface area contributed by atoms with Gasteiger partial charge >= 0.3 is 0 Å².